The van der Waals surface area contributed by atoms with E-state index in [4.69, 9.17) is 0 Å². The zero-order valence-electron chi connectivity index (χ0n) is 9.61. The van der Waals surface area contributed by atoms with Gasteiger partial charge in [-0.25, -0.2) is 0 Å². The Hall–Kier alpha value is -2.63. The van der Waals surface area contributed by atoms with Crippen LogP contribution in [0.3, 0.4) is 0 Å². The van der Waals surface area contributed by atoms with Crippen LogP contribution >= 0.6 is 0 Å². The lowest BCUT2D eigenvalue weighted by molar-refractivity contribution is 0.0994. The molecule has 0 saturated heterocycles. The summed E-state index contributed by atoms with van der Waals surface area (Å²) in [4.78, 5) is 11.4. The van der Waals surface area contributed by atoms with Crippen LogP contribution in [0.2, 0.25) is 0 Å². The summed E-state index contributed by atoms with van der Waals surface area (Å²) in [6.07, 6.45) is 0. The molecule has 2 aromatic rings. The number of amides is 1. The summed E-state index contributed by atoms with van der Waals surface area (Å²) in [7, 11) is 1.42. The van der Waals surface area contributed by atoms with E-state index >= 15 is 0 Å². The van der Waals surface area contributed by atoms with Crippen molar-refractivity contribution in [2.24, 2.45) is 10.2 Å². The molecular formula is C12H11N3O3. The molecule has 92 valence electrons. The first-order valence-corrected chi connectivity index (χ1v) is 5.18. The molecule has 0 unspecified atom stereocenters. The molecule has 1 aromatic heterocycles. The Morgan fingerprint density at radius 3 is 2.11 bits per heavy atom. The van der Waals surface area contributed by atoms with Gasteiger partial charge in [-0.1, -0.05) is 0 Å². The Kier molecular flexibility index (Phi) is 3.09. The number of hydrogen-bond acceptors (Lipinski definition) is 4. The zero-order chi connectivity index (χ0) is 13.1. The third kappa shape index (κ3) is 2.08. The van der Waals surface area contributed by atoms with Gasteiger partial charge < -0.3 is 10.2 Å². The first kappa shape index (κ1) is 11.8. The van der Waals surface area contributed by atoms with Crippen molar-refractivity contribution in [3.8, 4) is 17.4 Å². The van der Waals surface area contributed by atoms with E-state index in [0.29, 0.717) is 11.3 Å². The third-order valence-corrected chi connectivity index (χ3v) is 2.40. The Balaban J connectivity index is 2.36. The fourth-order valence-corrected chi connectivity index (χ4v) is 1.58. The molecule has 0 fully saturated rings. The summed E-state index contributed by atoms with van der Waals surface area (Å²) in [5.41, 5.74) is 0.926. The van der Waals surface area contributed by atoms with E-state index in [1.54, 1.807) is 24.3 Å². The first-order chi connectivity index (χ1) is 8.63. The van der Waals surface area contributed by atoms with Gasteiger partial charge in [0, 0.05) is 24.7 Å². The zero-order valence-corrected chi connectivity index (χ0v) is 9.61. The van der Waals surface area contributed by atoms with Gasteiger partial charge in [0.15, 0.2) is 11.8 Å². The molecule has 0 atom stereocenters. The van der Waals surface area contributed by atoms with Crippen LogP contribution in [0.5, 0.6) is 11.8 Å². The molecule has 18 heavy (non-hydrogen) atoms. The molecule has 0 aliphatic heterocycles. The quantitative estimate of drug-likeness (QED) is 0.794. The van der Waals surface area contributed by atoms with Gasteiger partial charge in [0.2, 0.25) is 0 Å². The maximum atomic E-state index is 11.4. The number of aromatic nitrogens is 1. The number of carbonyl (C=O) groups is 1. The van der Waals surface area contributed by atoms with Crippen molar-refractivity contribution in [3.63, 3.8) is 0 Å². The van der Waals surface area contributed by atoms with E-state index in [9.17, 15) is 15.0 Å². The lowest BCUT2D eigenvalue weighted by Gasteiger charge is -2.06. The third-order valence-electron chi connectivity index (χ3n) is 2.40. The van der Waals surface area contributed by atoms with Crippen LogP contribution in [0.25, 0.3) is 5.69 Å². The standard InChI is InChI=1S/C12H11N3O3/c1-13-14-12(18)8-2-4-9(5-3-8)15-10(16)6-7-11(15)17/h2-7,16-17H,1H3. The smallest absolute Gasteiger partial charge is 0.295 e. The van der Waals surface area contributed by atoms with Crippen molar-refractivity contribution in [2.45, 2.75) is 0 Å². The van der Waals surface area contributed by atoms with E-state index < -0.39 is 5.91 Å². The van der Waals surface area contributed by atoms with E-state index in [2.05, 4.69) is 10.2 Å². The van der Waals surface area contributed by atoms with Crippen molar-refractivity contribution < 1.29 is 15.0 Å². The number of rotatable bonds is 2. The second kappa shape index (κ2) is 4.70. The Bertz CT molecular complexity index is 580. The van der Waals surface area contributed by atoms with Crippen molar-refractivity contribution in [2.75, 3.05) is 7.05 Å². The van der Waals surface area contributed by atoms with Gasteiger partial charge >= 0.3 is 0 Å². The summed E-state index contributed by atoms with van der Waals surface area (Å²) in [5.74, 6) is -0.607. The molecule has 0 aliphatic rings. The van der Waals surface area contributed by atoms with Crippen molar-refractivity contribution in [1.29, 1.82) is 0 Å². The van der Waals surface area contributed by atoms with Crippen LogP contribution in [0.4, 0.5) is 0 Å². The van der Waals surface area contributed by atoms with Crippen LogP contribution in [0, 0.1) is 0 Å². The Morgan fingerprint density at radius 1 is 1.06 bits per heavy atom. The lowest BCUT2D eigenvalue weighted by atomic mass is 10.2. The highest BCUT2D eigenvalue weighted by molar-refractivity contribution is 5.94. The van der Waals surface area contributed by atoms with Gasteiger partial charge in [0.1, 0.15) is 0 Å². The van der Waals surface area contributed by atoms with E-state index in [-0.39, 0.29) is 11.8 Å². The number of carbonyl (C=O) groups excluding carboxylic acids is 1. The normalized spacial score (nSPS) is 10.9. The summed E-state index contributed by atoms with van der Waals surface area (Å²) in [6.45, 7) is 0. The van der Waals surface area contributed by atoms with Crippen LogP contribution in [0.1, 0.15) is 10.4 Å². The monoisotopic (exact) mass is 245 g/mol. The molecule has 1 heterocycles. The molecule has 0 aliphatic carbocycles. The Morgan fingerprint density at radius 2 is 1.61 bits per heavy atom. The summed E-state index contributed by atoms with van der Waals surface area (Å²) in [6, 6.07) is 9.03. The molecule has 0 spiro atoms. The number of nitrogens with zero attached hydrogens (tertiary/aromatic N) is 3. The van der Waals surface area contributed by atoms with E-state index in [0.717, 1.165) is 0 Å². The maximum Gasteiger partial charge on any atom is 0.295 e. The average molecular weight is 245 g/mol. The van der Waals surface area contributed by atoms with Crippen LogP contribution < -0.4 is 0 Å². The van der Waals surface area contributed by atoms with Crippen molar-refractivity contribution >= 4 is 5.91 Å². The SMILES string of the molecule is CN=NC(=O)c1ccc(-n2c(O)ccc2O)cc1. The van der Waals surface area contributed by atoms with Gasteiger partial charge in [-0.15, -0.1) is 5.11 Å². The van der Waals surface area contributed by atoms with E-state index in [1.807, 2.05) is 0 Å². The molecule has 6 heteroatoms. The molecule has 1 amide bonds. The topological polar surface area (TPSA) is 87.2 Å². The van der Waals surface area contributed by atoms with Crippen molar-refractivity contribution in [1.82, 2.24) is 4.57 Å². The Labute approximate surface area is 103 Å². The predicted octanol–water partition coefficient (Wildman–Crippen LogP) is 2.11. The van der Waals surface area contributed by atoms with Crippen LogP contribution in [0.15, 0.2) is 46.6 Å². The molecule has 0 saturated carbocycles. The fourth-order valence-electron chi connectivity index (χ4n) is 1.58. The molecular weight excluding hydrogens is 234 g/mol. The van der Waals surface area contributed by atoms with Crippen molar-refractivity contribution in [3.05, 3.63) is 42.0 Å². The van der Waals surface area contributed by atoms with Gasteiger partial charge in [-0.05, 0) is 24.3 Å². The largest absolute Gasteiger partial charge is 0.494 e. The van der Waals surface area contributed by atoms with Crippen LogP contribution in [-0.2, 0) is 0 Å². The van der Waals surface area contributed by atoms with Gasteiger partial charge in [-0.2, -0.15) is 5.11 Å². The summed E-state index contributed by atoms with van der Waals surface area (Å²) in [5, 5.41) is 25.9. The highest BCUT2D eigenvalue weighted by atomic mass is 16.3. The number of aromatic hydroxyl groups is 2. The fraction of sp³-hybridized carbons (Fsp3) is 0.0833. The van der Waals surface area contributed by atoms with Crippen LogP contribution in [-0.4, -0.2) is 27.7 Å². The minimum atomic E-state index is -0.440. The molecule has 1 aromatic carbocycles. The number of benzene rings is 1. The lowest BCUT2D eigenvalue weighted by Crippen LogP contribution is -1.96. The molecule has 0 bridgehead atoms. The second-order valence-corrected chi connectivity index (χ2v) is 3.54. The molecule has 2 N–H and O–H groups in total. The maximum absolute atomic E-state index is 11.4. The van der Waals surface area contributed by atoms with Gasteiger partial charge in [-0.3, -0.25) is 9.36 Å². The number of hydrogen-bond donors (Lipinski definition) is 2. The highest BCUT2D eigenvalue weighted by Crippen LogP contribution is 2.26. The predicted molar refractivity (Wildman–Crippen MR) is 64.2 cm³/mol. The summed E-state index contributed by atoms with van der Waals surface area (Å²) < 4.78 is 1.25. The number of azo groups is 1. The minimum Gasteiger partial charge on any atom is -0.494 e. The molecule has 2 rings (SSSR count). The van der Waals surface area contributed by atoms with Gasteiger partial charge in [0.05, 0.1) is 5.69 Å². The first-order valence-electron chi connectivity index (χ1n) is 5.18. The summed E-state index contributed by atoms with van der Waals surface area (Å²) >= 11 is 0. The second-order valence-electron chi connectivity index (χ2n) is 3.54. The highest BCUT2D eigenvalue weighted by Gasteiger charge is 2.09. The van der Waals surface area contributed by atoms with E-state index in [1.165, 1.54) is 23.7 Å². The molecule has 0 radical (unpaired) electrons. The molecule has 6 nitrogen and oxygen atoms in total. The average Bonchev–Trinajstić information content (AvgIpc) is 2.70. The minimum absolute atomic E-state index is 0.0835. The van der Waals surface area contributed by atoms with Gasteiger partial charge in [0.25, 0.3) is 5.91 Å².